The van der Waals surface area contributed by atoms with Crippen LogP contribution in [-0.4, -0.2) is 32.7 Å². The van der Waals surface area contributed by atoms with Crippen LogP contribution in [0.5, 0.6) is 5.75 Å². The van der Waals surface area contributed by atoms with E-state index in [0.29, 0.717) is 0 Å². The molecule has 2 N–H and O–H groups in total. The Bertz CT molecular complexity index is 1030. The third kappa shape index (κ3) is 2.28. The highest BCUT2D eigenvalue weighted by Gasteiger charge is 2.15. The summed E-state index contributed by atoms with van der Waals surface area (Å²) in [5, 5.41) is 11.1. The van der Waals surface area contributed by atoms with Crippen molar-refractivity contribution < 1.29 is 14.6 Å². The highest BCUT2D eigenvalue weighted by molar-refractivity contribution is 5.98. The molecule has 24 heavy (non-hydrogen) atoms. The number of pyridine rings is 1. The molecular weight excluding hydrogens is 306 g/mol. The predicted octanol–water partition coefficient (Wildman–Crippen LogP) is 3.28. The van der Waals surface area contributed by atoms with Gasteiger partial charge in [-0.25, -0.2) is 4.98 Å². The molecule has 3 aromatic heterocycles. The predicted molar refractivity (Wildman–Crippen MR) is 91.2 cm³/mol. The number of hydrogen-bond donors (Lipinski definition) is 2. The summed E-state index contributed by atoms with van der Waals surface area (Å²) in [7, 11) is 1.61. The zero-order chi connectivity index (χ0) is 16.7. The van der Waals surface area contributed by atoms with Crippen LogP contribution in [0.2, 0.25) is 0 Å². The SMILES string of the molecule is COc1ccc2c(c1)c(-c1cc3cccnc3[nH]1)cn2CC(=O)O. The van der Waals surface area contributed by atoms with Crippen molar-refractivity contribution in [3.63, 3.8) is 0 Å². The maximum Gasteiger partial charge on any atom is 0.323 e. The van der Waals surface area contributed by atoms with Crippen LogP contribution in [0.1, 0.15) is 0 Å². The van der Waals surface area contributed by atoms with Gasteiger partial charge in [-0.15, -0.1) is 0 Å². The minimum atomic E-state index is -0.882. The van der Waals surface area contributed by atoms with Crippen LogP contribution in [0.15, 0.2) is 48.8 Å². The van der Waals surface area contributed by atoms with Crippen LogP contribution >= 0.6 is 0 Å². The van der Waals surface area contributed by atoms with Gasteiger partial charge in [0.15, 0.2) is 0 Å². The summed E-state index contributed by atoms with van der Waals surface area (Å²) in [6, 6.07) is 11.5. The van der Waals surface area contributed by atoms with Gasteiger partial charge in [0.05, 0.1) is 7.11 Å². The Kier molecular flexibility index (Phi) is 3.23. The van der Waals surface area contributed by atoms with E-state index in [0.717, 1.165) is 38.9 Å². The number of benzene rings is 1. The Morgan fingerprint density at radius 2 is 2.21 bits per heavy atom. The molecule has 0 saturated carbocycles. The zero-order valence-electron chi connectivity index (χ0n) is 13.0. The van der Waals surface area contributed by atoms with E-state index in [-0.39, 0.29) is 6.54 Å². The van der Waals surface area contributed by atoms with Crippen LogP contribution in [0, 0.1) is 0 Å². The fourth-order valence-corrected chi connectivity index (χ4v) is 3.00. The molecule has 0 aliphatic carbocycles. The van der Waals surface area contributed by atoms with E-state index in [9.17, 15) is 4.79 Å². The van der Waals surface area contributed by atoms with Crippen LogP contribution in [0.4, 0.5) is 0 Å². The van der Waals surface area contributed by atoms with Crippen molar-refractivity contribution in [3.8, 4) is 17.0 Å². The summed E-state index contributed by atoms with van der Waals surface area (Å²) in [5.41, 5.74) is 3.46. The van der Waals surface area contributed by atoms with E-state index in [2.05, 4.69) is 9.97 Å². The molecular formula is C18H15N3O3. The number of nitrogens with one attached hydrogen (secondary N) is 1. The summed E-state index contributed by atoms with van der Waals surface area (Å²) in [5.74, 6) is -0.154. The number of methoxy groups -OCH3 is 1. The Labute approximate surface area is 137 Å². The first-order valence-corrected chi connectivity index (χ1v) is 7.48. The van der Waals surface area contributed by atoms with E-state index in [1.165, 1.54) is 0 Å². The van der Waals surface area contributed by atoms with E-state index >= 15 is 0 Å². The number of aromatic amines is 1. The zero-order valence-corrected chi connectivity index (χ0v) is 13.0. The maximum absolute atomic E-state index is 11.2. The number of carboxylic acid groups (broad SMARTS) is 1. The van der Waals surface area contributed by atoms with Crippen LogP contribution in [-0.2, 0) is 11.3 Å². The number of fused-ring (bicyclic) bond motifs is 2. The second kappa shape index (κ2) is 5.42. The number of aromatic nitrogens is 3. The summed E-state index contributed by atoms with van der Waals surface area (Å²) in [6.45, 7) is -0.0959. The lowest BCUT2D eigenvalue weighted by Crippen LogP contribution is -2.07. The third-order valence-corrected chi connectivity index (χ3v) is 4.08. The number of carbonyl (C=O) groups is 1. The molecule has 0 aliphatic heterocycles. The second-order valence-corrected chi connectivity index (χ2v) is 5.57. The Morgan fingerprint density at radius 3 is 2.96 bits per heavy atom. The van der Waals surface area contributed by atoms with Gasteiger partial charge in [0.2, 0.25) is 0 Å². The molecule has 0 aliphatic rings. The number of nitrogens with zero attached hydrogens (tertiary/aromatic N) is 2. The van der Waals surface area contributed by atoms with E-state index in [1.54, 1.807) is 17.9 Å². The topological polar surface area (TPSA) is 80.1 Å². The number of aliphatic carboxylic acids is 1. The van der Waals surface area contributed by atoms with Gasteiger partial charge in [-0.1, -0.05) is 0 Å². The Morgan fingerprint density at radius 1 is 1.33 bits per heavy atom. The average molecular weight is 321 g/mol. The van der Waals surface area contributed by atoms with Gasteiger partial charge < -0.3 is 19.4 Å². The third-order valence-electron chi connectivity index (χ3n) is 4.08. The molecule has 0 saturated heterocycles. The fraction of sp³-hybridized carbons (Fsp3) is 0.111. The van der Waals surface area contributed by atoms with Crippen molar-refractivity contribution >= 4 is 27.9 Å². The van der Waals surface area contributed by atoms with Crippen molar-refractivity contribution in [2.75, 3.05) is 7.11 Å². The van der Waals surface area contributed by atoms with E-state index in [4.69, 9.17) is 9.84 Å². The molecule has 6 nitrogen and oxygen atoms in total. The normalized spacial score (nSPS) is 11.2. The molecule has 0 amide bonds. The highest BCUT2D eigenvalue weighted by atomic mass is 16.5. The summed E-state index contributed by atoms with van der Waals surface area (Å²) < 4.78 is 7.04. The monoisotopic (exact) mass is 321 g/mol. The standard InChI is InChI=1S/C18H15N3O3/c1-24-12-4-5-16-13(8-12)14(9-21(16)10-17(22)23)15-7-11-3-2-6-19-18(11)20-15/h2-9H,10H2,1H3,(H,19,20)(H,22,23). The maximum atomic E-state index is 11.2. The van der Waals surface area contributed by atoms with Crippen molar-refractivity contribution in [2.45, 2.75) is 6.54 Å². The van der Waals surface area contributed by atoms with Crippen molar-refractivity contribution in [1.29, 1.82) is 0 Å². The number of H-pyrrole nitrogens is 1. The molecule has 120 valence electrons. The van der Waals surface area contributed by atoms with Crippen LogP contribution in [0.3, 0.4) is 0 Å². The summed E-state index contributed by atoms with van der Waals surface area (Å²) in [4.78, 5) is 18.8. The molecule has 0 radical (unpaired) electrons. The van der Waals surface area contributed by atoms with Crippen LogP contribution in [0.25, 0.3) is 33.2 Å². The molecule has 6 heteroatoms. The Hall–Kier alpha value is -3.28. The first kappa shape index (κ1) is 14.3. The van der Waals surface area contributed by atoms with Gasteiger partial charge in [0, 0.05) is 39.9 Å². The van der Waals surface area contributed by atoms with Crippen LogP contribution < -0.4 is 4.74 Å². The van der Waals surface area contributed by atoms with Gasteiger partial charge in [0.25, 0.3) is 0 Å². The summed E-state index contributed by atoms with van der Waals surface area (Å²) >= 11 is 0. The fourth-order valence-electron chi connectivity index (χ4n) is 3.00. The molecule has 0 bridgehead atoms. The smallest absolute Gasteiger partial charge is 0.323 e. The molecule has 0 fully saturated rings. The van der Waals surface area contributed by atoms with Gasteiger partial charge >= 0.3 is 5.97 Å². The lowest BCUT2D eigenvalue weighted by molar-refractivity contribution is -0.137. The Balaban J connectivity index is 1.97. The average Bonchev–Trinajstić information content (AvgIpc) is 3.15. The largest absolute Gasteiger partial charge is 0.497 e. The first-order chi connectivity index (χ1) is 11.7. The molecule has 0 atom stereocenters. The van der Waals surface area contributed by atoms with Crippen molar-refractivity contribution in [1.82, 2.24) is 14.5 Å². The quantitative estimate of drug-likeness (QED) is 0.604. The van der Waals surface area contributed by atoms with Gasteiger partial charge in [-0.3, -0.25) is 4.79 Å². The van der Waals surface area contributed by atoms with Gasteiger partial charge in [-0.2, -0.15) is 0 Å². The van der Waals surface area contributed by atoms with Crippen molar-refractivity contribution in [3.05, 3.63) is 48.8 Å². The van der Waals surface area contributed by atoms with Gasteiger partial charge in [0.1, 0.15) is 17.9 Å². The molecule has 4 rings (SSSR count). The highest BCUT2D eigenvalue weighted by Crippen LogP contribution is 2.34. The number of rotatable bonds is 4. The molecule has 0 unspecified atom stereocenters. The van der Waals surface area contributed by atoms with E-state index < -0.39 is 5.97 Å². The summed E-state index contributed by atoms with van der Waals surface area (Å²) in [6.07, 6.45) is 3.59. The van der Waals surface area contributed by atoms with E-state index in [1.807, 2.05) is 42.6 Å². The molecule has 1 aromatic carbocycles. The van der Waals surface area contributed by atoms with Crippen molar-refractivity contribution in [2.24, 2.45) is 0 Å². The minimum Gasteiger partial charge on any atom is -0.497 e. The first-order valence-electron chi connectivity index (χ1n) is 7.48. The number of ether oxygens (including phenoxy) is 1. The number of carboxylic acids is 1. The molecule has 3 heterocycles. The minimum absolute atomic E-state index is 0.0959. The second-order valence-electron chi connectivity index (χ2n) is 5.57. The lowest BCUT2D eigenvalue weighted by atomic mass is 10.1. The molecule has 4 aromatic rings. The lowest BCUT2D eigenvalue weighted by Gasteiger charge is -2.03. The molecule has 0 spiro atoms. The van der Waals surface area contributed by atoms with Gasteiger partial charge in [-0.05, 0) is 36.4 Å². The number of hydrogen-bond acceptors (Lipinski definition) is 3.